The molecule has 2 aromatic carbocycles. The summed E-state index contributed by atoms with van der Waals surface area (Å²) in [5, 5.41) is 9.47. The van der Waals surface area contributed by atoms with E-state index in [0.29, 0.717) is 28.2 Å². The Morgan fingerprint density at radius 2 is 1.97 bits per heavy atom. The van der Waals surface area contributed by atoms with E-state index in [-0.39, 0.29) is 5.91 Å². The van der Waals surface area contributed by atoms with Crippen molar-refractivity contribution in [2.24, 2.45) is 0 Å². The molecule has 0 aliphatic rings. The molecule has 0 fully saturated rings. The first kappa shape index (κ1) is 20.2. The first-order valence-electron chi connectivity index (χ1n) is 8.73. The van der Waals surface area contributed by atoms with Crippen LogP contribution < -0.4 is 20.7 Å². The quantitative estimate of drug-likeness (QED) is 0.473. The number of hydrogen-bond acceptors (Lipinski definition) is 6. The molecule has 7 nitrogen and oxygen atoms in total. The zero-order chi connectivity index (χ0) is 20.8. The van der Waals surface area contributed by atoms with E-state index in [1.54, 1.807) is 31.5 Å². The number of aryl methyl sites for hydroxylation is 1. The number of carbonyl (C=O) groups is 1. The van der Waals surface area contributed by atoms with Crippen LogP contribution in [-0.4, -0.2) is 23.0 Å². The molecule has 3 N–H and O–H groups in total. The van der Waals surface area contributed by atoms with Crippen molar-refractivity contribution in [1.82, 2.24) is 9.97 Å². The number of amides is 1. The molecule has 29 heavy (non-hydrogen) atoms. The third kappa shape index (κ3) is 5.24. The number of carbonyl (C=O) groups excluding carboxylic acids is 1. The number of nitrogens with one attached hydrogen (secondary N) is 3. The van der Waals surface area contributed by atoms with E-state index in [1.807, 2.05) is 31.2 Å². The lowest BCUT2D eigenvalue weighted by Gasteiger charge is -2.13. The summed E-state index contributed by atoms with van der Waals surface area (Å²) in [4.78, 5) is 20.4. The average Bonchev–Trinajstić information content (AvgIpc) is 2.73. The van der Waals surface area contributed by atoms with Crippen molar-refractivity contribution in [3.05, 3.63) is 71.9 Å². The number of methoxy groups -OCH3 is 1. The fraction of sp³-hybridized carbons (Fsp3) is 0.0952. The minimum absolute atomic E-state index is 0.341. The van der Waals surface area contributed by atoms with E-state index in [2.05, 4.69) is 32.5 Å². The Morgan fingerprint density at radius 3 is 2.72 bits per heavy atom. The maximum absolute atomic E-state index is 11.6. The van der Waals surface area contributed by atoms with E-state index in [9.17, 15) is 4.79 Å². The van der Waals surface area contributed by atoms with Gasteiger partial charge in [0.15, 0.2) is 0 Å². The first-order valence-corrected chi connectivity index (χ1v) is 9.11. The molecule has 0 radical (unpaired) electrons. The zero-order valence-corrected chi connectivity index (χ0v) is 16.7. The van der Waals surface area contributed by atoms with Crippen molar-refractivity contribution in [1.29, 1.82) is 0 Å². The normalized spacial score (nSPS) is 10.2. The van der Waals surface area contributed by atoms with Crippen molar-refractivity contribution in [2.45, 2.75) is 6.92 Å². The van der Waals surface area contributed by atoms with Crippen molar-refractivity contribution < 1.29 is 9.53 Å². The Bertz CT molecular complexity index is 1050. The highest BCUT2D eigenvalue weighted by atomic mass is 35.5. The van der Waals surface area contributed by atoms with Gasteiger partial charge in [-0.05, 0) is 43.3 Å². The molecule has 0 atom stereocenters. The molecular formula is C21H20ClN5O2. The largest absolute Gasteiger partial charge is 0.497 e. The molecule has 0 unspecified atom stereocenters. The fourth-order valence-corrected chi connectivity index (χ4v) is 2.64. The summed E-state index contributed by atoms with van der Waals surface area (Å²) in [6.45, 7) is 5.34. The second-order valence-corrected chi connectivity index (χ2v) is 6.50. The van der Waals surface area contributed by atoms with E-state index in [4.69, 9.17) is 16.3 Å². The van der Waals surface area contributed by atoms with Crippen LogP contribution in [0.3, 0.4) is 0 Å². The Labute approximate surface area is 173 Å². The predicted octanol–water partition coefficient (Wildman–Crippen LogP) is 5.06. The summed E-state index contributed by atoms with van der Waals surface area (Å²) in [6.07, 6.45) is 2.90. The Balaban J connectivity index is 1.82. The minimum atomic E-state index is -0.341. The van der Waals surface area contributed by atoms with Gasteiger partial charge in [0.25, 0.3) is 0 Å². The van der Waals surface area contributed by atoms with E-state index in [0.717, 1.165) is 17.0 Å². The molecule has 0 aliphatic heterocycles. The second-order valence-electron chi connectivity index (χ2n) is 6.10. The maximum Gasteiger partial charge on any atom is 0.247 e. The molecule has 3 aromatic rings. The van der Waals surface area contributed by atoms with Crippen LogP contribution in [0.5, 0.6) is 5.75 Å². The number of ether oxygens (including phenoxy) is 1. The van der Waals surface area contributed by atoms with E-state index < -0.39 is 0 Å². The van der Waals surface area contributed by atoms with Gasteiger partial charge in [0, 0.05) is 29.2 Å². The van der Waals surface area contributed by atoms with Gasteiger partial charge in [0.1, 0.15) is 11.6 Å². The number of rotatable bonds is 7. The monoisotopic (exact) mass is 409 g/mol. The highest BCUT2D eigenvalue weighted by Gasteiger charge is 2.09. The van der Waals surface area contributed by atoms with Gasteiger partial charge >= 0.3 is 0 Å². The zero-order valence-electron chi connectivity index (χ0n) is 16.0. The van der Waals surface area contributed by atoms with E-state index >= 15 is 0 Å². The number of halogens is 1. The molecule has 0 spiro atoms. The summed E-state index contributed by atoms with van der Waals surface area (Å²) in [5.41, 5.74) is 2.85. The summed E-state index contributed by atoms with van der Waals surface area (Å²) in [7, 11) is 1.61. The van der Waals surface area contributed by atoms with Crippen LogP contribution in [0.2, 0.25) is 5.02 Å². The van der Waals surface area contributed by atoms with Gasteiger partial charge in [-0.15, -0.1) is 0 Å². The van der Waals surface area contributed by atoms with Crippen LogP contribution >= 0.6 is 11.6 Å². The smallest absolute Gasteiger partial charge is 0.247 e. The number of benzene rings is 2. The summed E-state index contributed by atoms with van der Waals surface area (Å²) in [5.74, 6) is 1.44. The molecule has 0 aliphatic carbocycles. The van der Waals surface area contributed by atoms with Gasteiger partial charge in [-0.25, -0.2) is 4.98 Å². The average molecular weight is 410 g/mol. The van der Waals surface area contributed by atoms with Crippen LogP contribution in [0.25, 0.3) is 0 Å². The molecule has 148 valence electrons. The molecule has 0 bridgehead atoms. The molecule has 0 saturated carbocycles. The topological polar surface area (TPSA) is 88.2 Å². The summed E-state index contributed by atoms with van der Waals surface area (Å²) in [6, 6.07) is 12.7. The third-order valence-electron chi connectivity index (χ3n) is 3.97. The lowest BCUT2D eigenvalue weighted by atomic mass is 10.2. The van der Waals surface area contributed by atoms with Gasteiger partial charge in [-0.1, -0.05) is 24.2 Å². The molecule has 1 amide bonds. The Kier molecular flexibility index (Phi) is 6.31. The van der Waals surface area contributed by atoms with Crippen molar-refractivity contribution in [3.8, 4) is 5.75 Å². The SMILES string of the molecule is C=CC(=O)Nc1cc(Nc2nc(Nc3cccc(OC)c3)ncc2C)ccc1Cl. The summed E-state index contributed by atoms with van der Waals surface area (Å²) >= 11 is 6.15. The fourth-order valence-electron chi connectivity index (χ4n) is 2.48. The van der Waals surface area contributed by atoms with Gasteiger partial charge in [0.05, 0.1) is 17.8 Å². The first-order chi connectivity index (χ1) is 14.0. The van der Waals surface area contributed by atoms with Gasteiger partial charge in [-0.3, -0.25) is 4.79 Å². The Hall–Kier alpha value is -3.58. The second kappa shape index (κ2) is 9.07. The van der Waals surface area contributed by atoms with Crippen LogP contribution in [0, 0.1) is 6.92 Å². The van der Waals surface area contributed by atoms with Crippen LogP contribution in [-0.2, 0) is 4.79 Å². The summed E-state index contributed by atoms with van der Waals surface area (Å²) < 4.78 is 5.23. The molecule has 8 heteroatoms. The number of hydrogen-bond donors (Lipinski definition) is 3. The number of nitrogens with zero attached hydrogens (tertiary/aromatic N) is 2. The van der Waals surface area contributed by atoms with Gasteiger partial charge in [-0.2, -0.15) is 4.98 Å². The maximum atomic E-state index is 11.6. The molecule has 1 aromatic heterocycles. The highest BCUT2D eigenvalue weighted by molar-refractivity contribution is 6.34. The van der Waals surface area contributed by atoms with Crippen LogP contribution in [0.15, 0.2) is 61.3 Å². The minimum Gasteiger partial charge on any atom is -0.497 e. The number of anilines is 5. The van der Waals surface area contributed by atoms with Gasteiger partial charge < -0.3 is 20.7 Å². The van der Waals surface area contributed by atoms with Gasteiger partial charge in [0.2, 0.25) is 11.9 Å². The lowest BCUT2D eigenvalue weighted by molar-refractivity contribution is -0.111. The molecule has 3 rings (SSSR count). The third-order valence-corrected chi connectivity index (χ3v) is 4.30. The number of aromatic nitrogens is 2. The molecule has 1 heterocycles. The predicted molar refractivity (Wildman–Crippen MR) is 117 cm³/mol. The van der Waals surface area contributed by atoms with E-state index in [1.165, 1.54) is 6.08 Å². The molecule has 0 saturated heterocycles. The molecular weight excluding hydrogens is 390 g/mol. The standard InChI is InChI=1S/C21H20ClN5O2/c1-4-19(28)26-18-11-15(8-9-17(18)22)24-20-13(2)12-23-21(27-20)25-14-6-5-7-16(10-14)29-3/h4-12H,1H2,2-3H3,(H,26,28)(H2,23,24,25,27). The van der Waals surface area contributed by atoms with Crippen molar-refractivity contribution >= 4 is 46.3 Å². The van der Waals surface area contributed by atoms with Crippen LogP contribution in [0.1, 0.15) is 5.56 Å². The lowest BCUT2D eigenvalue weighted by Crippen LogP contribution is -2.08. The van der Waals surface area contributed by atoms with Crippen molar-refractivity contribution in [2.75, 3.05) is 23.1 Å². The van der Waals surface area contributed by atoms with Crippen LogP contribution in [0.4, 0.5) is 28.8 Å². The highest BCUT2D eigenvalue weighted by Crippen LogP contribution is 2.28. The van der Waals surface area contributed by atoms with Crippen molar-refractivity contribution in [3.63, 3.8) is 0 Å². The Morgan fingerprint density at radius 1 is 1.17 bits per heavy atom.